The van der Waals surface area contributed by atoms with Crippen molar-refractivity contribution in [3.05, 3.63) is 127 Å². The predicted octanol–water partition coefficient (Wildman–Crippen LogP) is 7.41. The minimum absolute atomic E-state index is 0.834. The van der Waals surface area contributed by atoms with Gasteiger partial charge in [0.05, 0.1) is 34.8 Å². The van der Waals surface area contributed by atoms with E-state index in [9.17, 15) is 0 Å². The van der Waals surface area contributed by atoms with E-state index in [4.69, 9.17) is 0 Å². The molecular weight excluding hydrogens is 402 g/mol. The van der Waals surface area contributed by atoms with Gasteiger partial charge in [-0.05, 0) is 35.9 Å². The number of para-hydroxylation sites is 2. The van der Waals surface area contributed by atoms with Crippen molar-refractivity contribution in [1.29, 1.82) is 0 Å². The van der Waals surface area contributed by atoms with E-state index >= 15 is 0 Å². The average molecular weight is 424 g/mol. The van der Waals surface area contributed by atoms with Gasteiger partial charge in [0, 0.05) is 22.0 Å². The smallest absolute Gasteiger partial charge is 0.0885 e. The summed E-state index contributed by atoms with van der Waals surface area (Å²) in [6.45, 7) is 0. The van der Waals surface area contributed by atoms with Gasteiger partial charge >= 0.3 is 0 Å². The summed E-state index contributed by atoms with van der Waals surface area (Å²) in [6.07, 6.45) is 7.70. The molecule has 2 aromatic heterocycles. The first-order valence-corrected chi connectivity index (χ1v) is 11.0. The first-order chi connectivity index (χ1) is 16.4. The quantitative estimate of drug-likeness (QED) is 0.295. The van der Waals surface area contributed by atoms with E-state index in [0.717, 1.165) is 28.2 Å². The maximum Gasteiger partial charge on any atom is 0.0885 e. The highest BCUT2D eigenvalue weighted by Gasteiger charge is 2.10. The summed E-state index contributed by atoms with van der Waals surface area (Å²) in [7, 11) is 0. The number of fused-ring (bicyclic) bond motifs is 3. The molecular formula is C30H21N3. The third kappa shape index (κ3) is 3.60. The van der Waals surface area contributed by atoms with Crippen LogP contribution < -0.4 is 0 Å². The normalized spacial score (nSPS) is 11.5. The highest BCUT2D eigenvalue weighted by atomic mass is 15.0. The lowest BCUT2D eigenvalue weighted by Crippen LogP contribution is -1.93. The third-order valence-corrected chi connectivity index (χ3v) is 5.92. The van der Waals surface area contributed by atoms with Gasteiger partial charge in [-0.15, -0.1) is 0 Å². The number of aromatic nitrogens is 3. The van der Waals surface area contributed by atoms with E-state index in [-0.39, 0.29) is 0 Å². The maximum absolute atomic E-state index is 4.55. The van der Waals surface area contributed by atoms with Crippen LogP contribution in [0.1, 0.15) is 11.3 Å². The molecule has 0 spiro atoms. The van der Waals surface area contributed by atoms with E-state index in [1.54, 1.807) is 0 Å². The molecule has 0 aliphatic rings. The molecule has 0 saturated heterocycles. The van der Waals surface area contributed by atoms with E-state index in [1.165, 1.54) is 21.8 Å². The highest BCUT2D eigenvalue weighted by Crippen LogP contribution is 2.31. The Kier molecular flexibility index (Phi) is 4.78. The maximum atomic E-state index is 4.55. The van der Waals surface area contributed by atoms with Crippen molar-refractivity contribution in [3.63, 3.8) is 0 Å². The molecule has 0 fully saturated rings. The fourth-order valence-electron chi connectivity index (χ4n) is 4.30. The Morgan fingerprint density at radius 1 is 0.545 bits per heavy atom. The Labute approximate surface area is 192 Å². The Hall–Kier alpha value is -4.50. The second-order valence-corrected chi connectivity index (χ2v) is 7.99. The van der Waals surface area contributed by atoms with Crippen LogP contribution in [0, 0.1) is 0 Å². The van der Waals surface area contributed by atoms with Crippen LogP contribution in [-0.4, -0.2) is 14.5 Å². The van der Waals surface area contributed by atoms with Gasteiger partial charge in [0.2, 0.25) is 0 Å². The van der Waals surface area contributed by atoms with E-state index in [1.807, 2.05) is 48.8 Å². The van der Waals surface area contributed by atoms with Crippen molar-refractivity contribution in [1.82, 2.24) is 14.5 Å². The molecule has 6 rings (SSSR count). The van der Waals surface area contributed by atoms with Gasteiger partial charge in [0.15, 0.2) is 0 Å². The SMILES string of the molecule is C(=C\c1cnc(-c2ccccc2)cn1)/c1ccc(-n2c3ccccc3c3ccccc32)cc1. The van der Waals surface area contributed by atoms with Crippen molar-refractivity contribution >= 4 is 34.0 Å². The number of nitrogens with zero attached hydrogens (tertiary/aromatic N) is 3. The molecule has 0 radical (unpaired) electrons. The van der Waals surface area contributed by atoms with E-state index in [2.05, 4.69) is 93.4 Å². The molecule has 0 aliphatic carbocycles. The van der Waals surface area contributed by atoms with Crippen molar-refractivity contribution in [3.8, 4) is 16.9 Å². The van der Waals surface area contributed by atoms with Gasteiger partial charge in [0.25, 0.3) is 0 Å². The van der Waals surface area contributed by atoms with E-state index < -0.39 is 0 Å². The topological polar surface area (TPSA) is 30.7 Å². The summed E-state index contributed by atoms with van der Waals surface area (Å²) in [4.78, 5) is 9.09. The van der Waals surface area contributed by atoms with E-state index in [0.29, 0.717) is 0 Å². The monoisotopic (exact) mass is 423 g/mol. The summed E-state index contributed by atoms with van der Waals surface area (Å²) < 4.78 is 2.33. The minimum atomic E-state index is 0.834. The van der Waals surface area contributed by atoms with Crippen LogP contribution in [-0.2, 0) is 0 Å². The zero-order chi connectivity index (χ0) is 22.0. The molecule has 0 aliphatic heterocycles. The molecule has 0 bridgehead atoms. The van der Waals surface area contributed by atoms with Gasteiger partial charge < -0.3 is 4.57 Å². The molecule has 0 unspecified atom stereocenters. The zero-order valence-electron chi connectivity index (χ0n) is 18.0. The fraction of sp³-hybridized carbons (Fsp3) is 0. The van der Waals surface area contributed by atoms with Crippen LogP contribution >= 0.6 is 0 Å². The van der Waals surface area contributed by atoms with Gasteiger partial charge in [-0.1, -0.05) is 84.9 Å². The Bertz CT molecular complexity index is 1520. The lowest BCUT2D eigenvalue weighted by Gasteiger charge is -2.08. The Morgan fingerprint density at radius 2 is 1.18 bits per heavy atom. The van der Waals surface area contributed by atoms with Crippen LogP contribution in [0.2, 0.25) is 0 Å². The van der Waals surface area contributed by atoms with Crippen LogP contribution in [0.25, 0.3) is 50.9 Å². The number of hydrogen-bond donors (Lipinski definition) is 0. The standard InChI is InChI=1S/C30H21N3/c1-2-8-23(9-3-1)28-21-31-24(20-32-28)17-14-22-15-18-25(19-16-22)33-29-12-6-4-10-26(29)27-11-5-7-13-30(27)33/h1-21H/b17-14+. The molecule has 6 aromatic rings. The second-order valence-electron chi connectivity index (χ2n) is 7.99. The first-order valence-electron chi connectivity index (χ1n) is 11.0. The summed E-state index contributed by atoms with van der Waals surface area (Å²) in [5, 5.41) is 2.55. The second kappa shape index (κ2) is 8.21. The molecule has 33 heavy (non-hydrogen) atoms. The summed E-state index contributed by atoms with van der Waals surface area (Å²) in [5.41, 5.74) is 7.49. The van der Waals surface area contributed by atoms with Crippen LogP contribution in [0.15, 0.2) is 116 Å². The molecule has 2 heterocycles. The van der Waals surface area contributed by atoms with Crippen molar-refractivity contribution in [2.24, 2.45) is 0 Å². The molecule has 0 amide bonds. The van der Waals surface area contributed by atoms with Gasteiger partial charge in [-0.3, -0.25) is 9.97 Å². The number of rotatable bonds is 4. The number of benzene rings is 4. The summed E-state index contributed by atoms with van der Waals surface area (Å²) in [6, 6.07) is 35.8. The molecule has 0 atom stereocenters. The fourth-order valence-corrected chi connectivity index (χ4v) is 4.30. The summed E-state index contributed by atoms with van der Waals surface area (Å²) in [5.74, 6) is 0. The van der Waals surface area contributed by atoms with Crippen LogP contribution in [0.4, 0.5) is 0 Å². The summed E-state index contributed by atoms with van der Waals surface area (Å²) >= 11 is 0. The Balaban J connectivity index is 1.29. The molecule has 4 aromatic carbocycles. The number of hydrogen-bond acceptors (Lipinski definition) is 2. The van der Waals surface area contributed by atoms with Gasteiger partial charge in [0.1, 0.15) is 0 Å². The predicted molar refractivity (Wildman–Crippen MR) is 137 cm³/mol. The third-order valence-electron chi connectivity index (χ3n) is 5.92. The zero-order valence-corrected chi connectivity index (χ0v) is 18.0. The lowest BCUT2D eigenvalue weighted by atomic mass is 10.1. The van der Waals surface area contributed by atoms with Crippen molar-refractivity contribution in [2.75, 3.05) is 0 Å². The molecule has 0 N–H and O–H groups in total. The lowest BCUT2D eigenvalue weighted by molar-refractivity contribution is 1.18. The molecule has 156 valence electrons. The van der Waals surface area contributed by atoms with Crippen molar-refractivity contribution < 1.29 is 0 Å². The van der Waals surface area contributed by atoms with Gasteiger partial charge in [-0.25, -0.2) is 0 Å². The van der Waals surface area contributed by atoms with Crippen molar-refractivity contribution in [2.45, 2.75) is 0 Å². The molecule has 3 nitrogen and oxygen atoms in total. The molecule has 0 saturated carbocycles. The Morgan fingerprint density at radius 3 is 1.82 bits per heavy atom. The minimum Gasteiger partial charge on any atom is -0.309 e. The van der Waals surface area contributed by atoms with Gasteiger partial charge in [-0.2, -0.15) is 0 Å². The highest BCUT2D eigenvalue weighted by molar-refractivity contribution is 6.09. The first kappa shape index (κ1) is 19.2. The largest absolute Gasteiger partial charge is 0.309 e. The average Bonchev–Trinajstić information content (AvgIpc) is 3.23. The van der Waals surface area contributed by atoms with Crippen LogP contribution in [0.3, 0.4) is 0 Å². The van der Waals surface area contributed by atoms with Crippen LogP contribution in [0.5, 0.6) is 0 Å². The molecule has 3 heteroatoms.